The molecule has 1 saturated heterocycles. The van der Waals surface area contributed by atoms with Crippen molar-refractivity contribution >= 4 is 5.91 Å². The number of hydrogen-bond donors (Lipinski definition) is 0. The first kappa shape index (κ1) is 14.3. The lowest BCUT2D eigenvalue weighted by atomic mass is 9.94. The van der Waals surface area contributed by atoms with Crippen molar-refractivity contribution in [2.75, 3.05) is 13.1 Å². The fourth-order valence-corrected chi connectivity index (χ4v) is 3.12. The fourth-order valence-electron chi connectivity index (χ4n) is 3.12. The summed E-state index contributed by atoms with van der Waals surface area (Å²) in [6.45, 7) is 1.80. The summed E-state index contributed by atoms with van der Waals surface area (Å²) in [5, 5.41) is 8.05. The Morgan fingerprint density at radius 3 is 3.04 bits per heavy atom. The molecule has 3 heterocycles. The van der Waals surface area contributed by atoms with E-state index in [2.05, 4.69) is 20.2 Å². The van der Waals surface area contributed by atoms with Crippen LogP contribution in [0, 0.1) is 5.92 Å². The first-order valence-electron chi connectivity index (χ1n) is 8.20. The van der Waals surface area contributed by atoms with Gasteiger partial charge >= 0.3 is 0 Å². The minimum atomic E-state index is 0.0874. The molecule has 4 rings (SSSR count). The Hall–Kier alpha value is -2.25. The standard InChI is InChI=1S/C15H20N6O2/c22-14(8-21-10-16-9-17-21)20-5-1-2-11(7-20)6-13-18-15(19-23-13)12-3-4-12/h9-12H,1-8H2/t11-/m1/s1. The molecule has 8 heteroatoms. The van der Waals surface area contributed by atoms with E-state index >= 15 is 0 Å². The first-order valence-corrected chi connectivity index (χ1v) is 8.20. The highest BCUT2D eigenvalue weighted by Gasteiger charge is 2.30. The van der Waals surface area contributed by atoms with E-state index in [0.29, 0.717) is 17.7 Å². The molecule has 1 aliphatic carbocycles. The fraction of sp³-hybridized carbons (Fsp3) is 0.667. The average molecular weight is 316 g/mol. The van der Waals surface area contributed by atoms with Gasteiger partial charge in [-0.25, -0.2) is 9.67 Å². The van der Waals surface area contributed by atoms with Gasteiger partial charge in [-0.2, -0.15) is 10.1 Å². The van der Waals surface area contributed by atoms with E-state index in [1.807, 2.05) is 4.90 Å². The van der Waals surface area contributed by atoms with Gasteiger partial charge in [-0.15, -0.1) is 0 Å². The van der Waals surface area contributed by atoms with Crippen LogP contribution < -0.4 is 0 Å². The van der Waals surface area contributed by atoms with Crippen molar-refractivity contribution in [1.29, 1.82) is 0 Å². The van der Waals surface area contributed by atoms with Crippen LogP contribution >= 0.6 is 0 Å². The zero-order chi connectivity index (χ0) is 15.6. The van der Waals surface area contributed by atoms with Crippen LogP contribution in [-0.4, -0.2) is 48.8 Å². The molecule has 2 aromatic rings. The number of likely N-dealkylation sites (tertiary alicyclic amines) is 1. The quantitative estimate of drug-likeness (QED) is 0.818. The molecule has 1 amide bonds. The molecule has 0 N–H and O–H groups in total. The van der Waals surface area contributed by atoms with Gasteiger partial charge in [0.2, 0.25) is 11.8 Å². The van der Waals surface area contributed by atoms with E-state index in [1.54, 1.807) is 11.0 Å². The van der Waals surface area contributed by atoms with E-state index in [1.165, 1.54) is 19.2 Å². The van der Waals surface area contributed by atoms with Crippen molar-refractivity contribution < 1.29 is 9.32 Å². The van der Waals surface area contributed by atoms with Gasteiger partial charge < -0.3 is 9.42 Å². The lowest BCUT2D eigenvalue weighted by molar-refractivity contribution is -0.133. The van der Waals surface area contributed by atoms with Gasteiger partial charge in [0.05, 0.1) is 0 Å². The smallest absolute Gasteiger partial charge is 0.244 e. The number of piperidine rings is 1. The normalized spacial score (nSPS) is 21.6. The van der Waals surface area contributed by atoms with Crippen LogP contribution in [0.15, 0.2) is 17.2 Å². The molecule has 0 aromatic carbocycles. The van der Waals surface area contributed by atoms with Crippen LogP contribution in [0.5, 0.6) is 0 Å². The van der Waals surface area contributed by atoms with Crippen LogP contribution in [-0.2, 0) is 17.8 Å². The summed E-state index contributed by atoms with van der Waals surface area (Å²) >= 11 is 0. The van der Waals surface area contributed by atoms with Gasteiger partial charge in [0.25, 0.3) is 0 Å². The highest BCUT2D eigenvalue weighted by Crippen LogP contribution is 2.38. The molecule has 0 spiro atoms. The van der Waals surface area contributed by atoms with E-state index in [4.69, 9.17) is 4.52 Å². The lowest BCUT2D eigenvalue weighted by Crippen LogP contribution is -2.42. The minimum absolute atomic E-state index is 0.0874. The molecule has 8 nitrogen and oxygen atoms in total. The van der Waals surface area contributed by atoms with Crippen molar-refractivity contribution in [2.24, 2.45) is 5.92 Å². The molecule has 122 valence electrons. The van der Waals surface area contributed by atoms with Crippen molar-refractivity contribution in [3.05, 3.63) is 24.4 Å². The van der Waals surface area contributed by atoms with E-state index in [0.717, 1.165) is 38.2 Å². The maximum atomic E-state index is 12.4. The first-order chi connectivity index (χ1) is 11.3. The summed E-state index contributed by atoms with van der Waals surface area (Å²) < 4.78 is 6.92. The predicted octanol–water partition coefficient (Wildman–Crippen LogP) is 1.02. The summed E-state index contributed by atoms with van der Waals surface area (Å²) in [6, 6.07) is 0. The highest BCUT2D eigenvalue weighted by molar-refractivity contribution is 5.75. The average Bonchev–Trinajstić information content (AvgIpc) is 3.09. The maximum Gasteiger partial charge on any atom is 0.244 e. The zero-order valence-electron chi connectivity index (χ0n) is 13.0. The molecule has 2 aliphatic rings. The molecule has 2 aromatic heterocycles. The number of carbonyl (C=O) groups is 1. The predicted molar refractivity (Wildman–Crippen MR) is 79.3 cm³/mol. The Morgan fingerprint density at radius 1 is 1.35 bits per heavy atom. The molecule has 0 unspecified atom stereocenters. The summed E-state index contributed by atoms with van der Waals surface area (Å²) in [7, 11) is 0. The molecule has 2 fully saturated rings. The van der Waals surface area contributed by atoms with Crippen molar-refractivity contribution in [1.82, 2.24) is 29.8 Å². The minimum Gasteiger partial charge on any atom is -0.341 e. The van der Waals surface area contributed by atoms with Crippen molar-refractivity contribution in [3.8, 4) is 0 Å². The zero-order valence-corrected chi connectivity index (χ0v) is 13.0. The number of nitrogens with zero attached hydrogens (tertiary/aromatic N) is 6. The number of rotatable bonds is 5. The molecular formula is C15H20N6O2. The largest absolute Gasteiger partial charge is 0.341 e. The van der Waals surface area contributed by atoms with Crippen LogP contribution in [0.4, 0.5) is 0 Å². The van der Waals surface area contributed by atoms with E-state index < -0.39 is 0 Å². The molecule has 23 heavy (non-hydrogen) atoms. The summed E-state index contributed by atoms with van der Waals surface area (Å²) in [4.78, 5) is 22.6. The third-order valence-electron chi connectivity index (χ3n) is 4.53. The van der Waals surface area contributed by atoms with Gasteiger partial charge in [0, 0.05) is 25.4 Å². The van der Waals surface area contributed by atoms with E-state index in [9.17, 15) is 4.79 Å². The molecule has 1 saturated carbocycles. The third kappa shape index (κ3) is 3.40. The number of aromatic nitrogens is 5. The summed E-state index contributed by atoms with van der Waals surface area (Å²) in [6.07, 6.45) is 8.22. The van der Waals surface area contributed by atoms with Crippen molar-refractivity contribution in [2.45, 2.75) is 44.6 Å². The lowest BCUT2D eigenvalue weighted by Gasteiger charge is -2.32. The molecule has 1 atom stereocenters. The van der Waals surface area contributed by atoms with Gasteiger partial charge in [-0.3, -0.25) is 4.79 Å². The Bertz CT molecular complexity index is 663. The Labute approximate surface area is 133 Å². The molecule has 0 bridgehead atoms. The Balaban J connectivity index is 1.33. The van der Waals surface area contributed by atoms with Crippen LogP contribution in [0.3, 0.4) is 0 Å². The van der Waals surface area contributed by atoms with Gasteiger partial charge in [-0.05, 0) is 31.6 Å². The Morgan fingerprint density at radius 2 is 2.26 bits per heavy atom. The molecule has 0 radical (unpaired) electrons. The topological polar surface area (TPSA) is 89.9 Å². The Kier molecular flexibility index (Phi) is 3.80. The van der Waals surface area contributed by atoms with E-state index in [-0.39, 0.29) is 12.5 Å². The van der Waals surface area contributed by atoms with Crippen LogP contribution in [0.2, 0.25) is 0 Å². The monoisotopic (exact) mass is 316 g/mol. The van der Waals surface area contributed by atoms with Gasteiger partial charge in [0.15, 0.2) is 5.82 Å². The second-order valence-corrected chi connectivity index (χ2v) is 6.47. The summed E-state index contributed by atoms with van der Waals surface area (Å²) in [5.74, 6) is 2.55. The van der Waals surface area contributed by atoms with Gasteiger partial charge in [0.1, 0.15) is 19.2 Å². The second kappa shape index (κ2) is 6.10. The number of hydrogen-bond acceptors (Lipinski definition) is 6. The molecular weight excluding hydrogens is 296 g/mol. The van der Waals surface area contributed by atoms with Gasteiger partial charge in [-0.1, -0.05) is 5.16 Å². The van der Waals surface area contributed by atoms with Crippen molar-refractivity contribution in [3.63, 3.8) is 0 Å². The summed E-state index contributed by atoms with van der Waals surface area (Å²) in [5.41, 5.74) is 0. The highest BCUT2D eigenvalue weighted by atomic mass is 16.5. The van der Waals surface area contributed by atoms with Crippen LogP contribution in [0.1, 0.15) is 43.3 Å². The number of amides is 1. The maximum absolute atomic E-state index is 12.4. The number of carbonyl (C=O) groups excluding carboxylic acids is 1. The molecule has 1 aliphatic heterocycles. The third-order valence-corrected chi connectivity index (χ3v) is 4.53. The SMILES string of the molecule is O=C(Cn1cncn1)N1CCC[C@H](Cc2nc(C3CC3)no2)C1. The van der Waals surface area contributed by atoms with Crippen LogP contribution in [0.25, 0.3) is 0 Å². The second-order valence-electron chi connectivity index (χ2n) is 6.47.